The molecule has 0 aromatic rings. The van der Waals surface area contributed by atoms with E-state index in [0.29, 0.717) is 0 Å². The van der Waals surface area contributed by atoms with Crippen LogP contribution < -0.4 is 5.73 Å². The summed E-state index contributed by atoms with van der Waals surface area (Å²) in [6.07, 6.45) is 7.54. The van der Waals surface area contributed by atoms with Crippen molar-refractivity contribution in [3.8, 4) is 0 Å². The minimum absolute atomic E-state index is 0.0285. The Balaban J connectivity index is 4.01. The second-order valence-corrected chi connectivity index (χ2v) is 5.57. The molecule has 1 nitrogen and oxygen atoms in total. The van der Waals surface area contributed by atoms with Crippen molar-refractivity contribution in [2.24, 2.45) is 11.1 Å². The molecule has 0 heterocycles. The minimum Gasteiger partial charge on any atom is -0.325 e. The molecule has 0 spiro atoms. The number of hydrogen-bond acceptors (Lipinski definition) is 1. The van der Waals surface area contributed by atoms with E-state index in [9.17, 15) is 0 Å². The lowest BCUT2D eigenvalue weighted by Crippen LogP contribution is -2.50. The highest BCUT2D eigenvalue weighted by Gasteiger charge is 2.35. The van der Waals surface area contributed by atoms with Crippen molar-refractivity contribution in [1.29, 1.82) is 0 Å². The van der Waals surface area contributed by atoms with Gasteiger partial charge in [-0.25, -0.2) is 0 Å². The summed E-state index contributed by atoms with van der Waals surface area (Å²) in [5.74, 6) is 0. The van der Waals surface area contributed by atoms with Crippen molar-refractivity contribution in [3.63, 3.8) is 0 Å². The summed E-state index contributed by atoms with van der Waals surface area (Å²) < 4.78 is 0. The molecule has 0 saturated heterocycles. The zero-order valence-electron chi connectivity index (χ0n) is 10.8. The van der Waals surface area contributed by atoms with Crippen molar-refractivity contribution in [2.45, 2.75) is 78.7 Å². The molecule has 0 aromatic heterocycles. The molecule has 1 unspecified atom stereocenters. The van der Waals surface area contributed by atoms with Crippen LogP contribution in [0.2, 0.25) is 0 Å². The van der Waals surface area contributed by atoms with Crippen molar-refractivity contribution >= 4 is 0 Å². The van der Waals surface area contributed by atoms with Gasteiger partial charge in [0.05, 0.1) is 0 Å². The first-order chi connectivity index (χ1) is 6.37. The Morgan fingerprint density at radius 3 is 1.86 bits per heavy atom. The molecular weight excluding hydrogens is 170 g/mol. The van der Waals surface area contributed by atoms with E-state index in [1.54, 1.807) is 0 Å². The van der Waals surface area contributed by atoms with Gasteiger partial charge >= 0.3 is 0 Å². The number of unbranched alkanes of at least 4 members (excludes halogenated alkanes) is 3. The molecule has 0 rings (SSSR count). The smallest absolute Gasteiger partial charge is 0.0200 e. The normalized spacial score (nSPS) is 16.7. The van der Waals surface area contributed by atoms with Gasteiger partial charge in [0.15, 0.2) is 0 Å². The summed E-state index contributed by atoms with van der Waals surface area (Å²) in [6.45, 7) is 11.2. The van der Waals surface area contributed by atoms with E-state index in [4.69, 9.17) is 5.73 Å². The number of nitrogens with two attached hydrogens (primary N) is 1. The topological polar surface area (TPSA) is 26.0 Å². The third-order valence-electron chi connectivity index (χ3n) is 3.60. The van der Waals surface area contributed by atoms with E-state index in [0.717, 1.165) is 6.42 Å². The first-order valence-electron chi connectivity index (χ1n) is 6.16. The summed E-state index contributed by atoms with van der Waals surface area (Å²) in [7, 11) is 0. The zero-order valence-corrected chi connectivity index (χ0v) is 10.8. The van der Waals surface area contributed by atoms with Crippen LogP contribution in [0.4, 0.5) is 0 Å². The molecule has 14 heavy (non-hydrogen) atoms. The second kappa shape index (κ2) is 5.75. The fourth-order valence-electron chi connectivity index (χ4n) is 1.95. The maximum absolute atomic E-state index is 6.46. The summed E-state index contributed by atoms with van der Waals surface area (Å²) in [5.41, 5.74) is 6.72. The standard InChI is InChI=1S/C13H29N/c1-6-8-9-10-11-13(14,7-2)12(3,4)5/h6-11,14H2,1-5H3. The Morgan fingerprint density at radius 2 is 1.50 bits per heavy atom. The molecule has 86 valence electrons. The van der Waals surface area contributed by atoms with Gasteiger partial charge in [0.2, 0.25) is 0 Å². The van der Waals surface area contributed by atoms with E-state index < -0.39 is 0 Å². The molecule has 0 aliphatic heterocycles. The lowest BCUT2D eigenvalue weighted by Gasteiger charge is -2.41. The fraction of sp³-hybridized carbons (Fsp3) is 1.00. The predicted octanol–water partition coefficient (Wildman–Crippen LogP) is 4.11. The highest BCUT2D eigenvalue weighted by atomic mass is 14.8. The quantitative estimate of drug-likeness (QED) is 0.640. The predicted molar refractivity (Wildman–Crippen MR) is 65.4 cm³/mol. The fourth-order valence-corrected chi connectivity index (χ4v) is 1.95. The van der Waals surface area contributed by atoms with Crippen LogP contribution >= 0.6 is 0 Å². The van der Waals surface area contributed by atoms with Crippen LogP contribution in [0.3, 0.4) is 0 Å². The average molecular weight is 199 g/mol. The van der Waals surface area contributed by atoms with Gasteiger partial charge in [0.1, 0.15) is 0 Å². The van der Waals surface area contributed by atoms with E-state index in [1.807, 2.05) is 0 Å². The van der Waals surface area contributed by atoms with Gasteiger partial charge in [0.25, 0.3) is 0 Å². The van der Waals surface area contributed by atoms with E-state index in [-0.39, 0.29) is 11.0 Å². The molecule has 0 radical (unpaired) electrons. The van der Waals surface area contributed by atoms with Crippen molar-refractivity contribution in [3.05, 3.63) is 0 Å². The molecule has 0 aliphatic carbocycles. The van der Waals surface area contributed by atoms with Gasteiger partial charge in [-0.3, -0.25) is 0 Å². The highest BCUT2D eigenvalue weighted by molar-refractivity contribution is 4.93. The third-order valence-corrected chi connectivity index (χ3v) is 3.60. The van der Waals surface area contributed by atoms with Gasteiger partial charge in [-0.2, -0.15) is 0 Å². The summed E-state index contributed by atoms with van der Waals surface area (Å²) in [6, 6.07) is 0. The first kappa shape index (κ1) is 14.0. The highest BCUT2D eigenvalue weighted by Crippen LogP contribution is 2.35. The molecule has 0 saturated carbocycles. The Kier molecular flexibility index (Phi) is 5.73. The monoisotopic (exact) mass is 199 g/mol. The van der Waals surface area contributed by atoms with Gasteiger partial charge in [-0.05, 0) is 18.3 Å². The van der Waals surface area contributed by atoms with Crippen LogP contribution in [0.1, 0.15) is 73.1 Å². The first-order valence-corrected chi connectivity index (χ1v) is 6.16. The average Bonchev–Trinajstić information content (AvgIpc) is 2.10. The molecule has 0 fully saturated rings. The summed E-state index contributed by atoms with van der Waals surface area (Å²) in [5, 5.41) is 0. The molecule has 1 atom stereocenters. The molecule has 1 heteroatoms. The summed E-state index contributed by atoms with van der Waals surface area (Å²) >= 11 is 0. The Bertz CT molecular complexity index is 146. The van der Waals surface area contributed by atoms with Crippen molar-refractivity contribution in [1.82, 2.24) is 0 Å². The van der Waals surface area contributed by atoms with Gasteiger partial charge in [0, 0.05) is 5.54 Å². The van der Waals surface area contributed by atoms with Crippen molar-refractivity contribution < 1.29 is 0 Å². The maximum Gasteiger partial charge on any atom is 0.0200 e. The third kappa shape index (κ3) is 4.00. The number of rotatable bonds is 6. The molecule has 0 amide bonds. The molecular formula is C13H29N. The van der Waals surface area contributed by atoms with Crippen LogP contribution in [0.25, 0.3) is 0 Å². The zero-order chi connectivity index (χ0) is 11.2. The molecule has 0 aromatic carbocycles. The van der Waals surface area contributed by atoms with Gasteiger partial charge in [-0.15, -0.1) is 0 Å². The number of hydrogen-bond donors (Lipinski definition) is 1. The van der Waals surface area contributed by atoms with Crippen molar-refractivity contribution in [2.75, 3.05) is 0 Å². The van der Waals surface area contributed by atoms with Crippen LogP contribution in [-0.2, 0) is 0 Å². The largest absolute Gasteiger partial charge is 0.325 e. The molecule has 0 bridgehead atoms. The molecule has 2 N–H and O–H groups in total. The Morgan fingerprint density at radius 1 is 0.929 bits per heavy atom. The maximum atomic E-state index is 6.46. The Labute approximate surface area is 90.5 Å². The van der Waals surface area contributed by atoms with E-state index in [1.165, 1.54) is 32.1 Å². The lowest BCUT2D eigenvalue weighted by molar-refractivity contribution is 0.163. The van der Waals surface area contributed by atoms with Crippen LogP contribution in [0.5, 0.6) is 0 Å². The van der Waals surface area contributed by atoms with E-state index >= 15 is 0 Å². The minimum atomic E-state index is 0.0285. The summed E-state index contributed by atoms with van der Waals surface area (Å²) in [4.78, 5) is 0. The van der Waals surface area contributed by atoms with Gasteiger partial charge in [-0.1, -0.05) is 60.3 Å². The van der Waals surface area contributed by atoms with Gasteiger partial charge < -0.3 is 5.73 Å². The SMILES string of the molecule is CCCCCCC(N)(CC)C(C)(C)C. The van der Waals surface area contributed by atoms with Crippen LogP contribution in [-0.4, -0.2) is 5.54 Å². The van der Waals surface area contributed by atoms with Crippen LogP contribution in [0.15, 0.2) is 0 Å². The second-order valence-electron chi connectivity index (χ2n) is 5.57. The lowest BCUT2D eigenvalue weighted by atomic mass is 9.70. The molecule has 0 aliphatic rings. The van der Waals surface area contributed by atoms with E-state index in [2.05, 4.69) is 34.6 Å². The van der Waals surface area contributed by atoms with Crippen LogP contribution in [0, 0.1) is 5.41 Å². The Hall–Kier alpha value is -0.0400.